The van der Waals surface area contributed by atoms with Crippen LogP contribution >= 0.6 is 0 Å². The van der Waals surface area contributed by atoms with Gasteiger partial charge < -0.3 is 10.1 Å². The Morgan fingerprint density at radius 3 is 3.00 bits per heavy atom. The van der Waals surface area contributed by atoms with Gasteiger partial charge in [0.1, 0.15) is 5.75 Å². The molecule has 0 aromatic heterocycles. The minimum atomic E-state index is 0.103. The monoisotopic (exact) mass is 205 g/mol. The van der Waals surface area contributed by atoms with Crippen LogP contribution in [0.25, 0.3) is 0 Å². The van der Waals surface area contributed by atoms with Gasteiger partial charge in [0, 0.05) is 12.1 Å². The van der Waals surface area contributed by atoms with Gasteiger partial charge in [-0.15, -0.1) is 0 Å². The summed E-state index contributed by atoms with van der Waals surface area (Å²) in [5.74, 6) is 1.34. The highest BCUT2D eigenvalue weighted by Crippen LogP contribution is 2.33. The summed E-state index contributed by atoms with van der Waals surface area (Å²) in [5.41, 5.74) is 2.09. The van der Waals surface area contributed by atoms with Crippen molar-refractivity contribution in [3.8, 4) is 5.75 Å². The summed E-state index contributed by atoms with van der Waals surface area (Å²) in [4.78, 5) is 11.4. The number of carbonyl (C=O) groups excluding carboxylic acids is 1. The number of rotatable bonds is 1. The third-order valence-electron chi connectivity index (χ3n) is 2.87. The Morgan fingerprint density at radius 1 is 1.47 bits per heavy atom. The van der Waals surface area contributed by atoms with E-state index in [9.17, 15) is 4.79 Å². The van der Waals surface area contributed by atoms with Crippen molar-refractivity contribution >= 4 is 11.6 Å². The van der Waals surface area contributed by atoms with Gasteiger partial charge in [0.15, 0.2) is 0 Å². The minimum absolute atomic E-state index is 0.103. The first kappa shape index (κ1) is 10.0. The van der Waals surface area contributed by atoms with Crippen molar-refractivity contribution in [2.45, 2.75) is 25.7 Å². The highest BCUT2D eigenvalue weighted by atomic mass is 16.5. The number of fused-ring (bicyclic) bond motifs is 1. The molecule has 80 valence electrons. The van der Waals surface area contributed by atoms with Crippen molar-refractivity contribution in [3.05, 3.63) is 23.8 Å². The fourth-order valence-electron chi connectivity index (χ4n) is 1.91. The van der Waals surface area contributed by atoms with Gasteiger partial charge >= 0.3 is 0 Å². The van der Waals surface area contributed by atoms with E-state index in [1.54, 1.807) is 7.11 Å². The molecule has 15 heavy (non-hydrogen) atoms. The smallest absolute Gasteiger partial charge is 0.224 e. The van der Waals surface area contributed by atoms with Crippen LogP contribution < -0.4 is 10.1 Å². The van der Waals surface area contributed by atoms with E-state index in [1.165, 1.54) is 5.56 Å². The lowest BCUT2D eigenvalue weighted by atomic mass is 9.96. The maximum Gasteiger partial charge on any atom is 0.224 e. The van der Waals surface area contributed by atoms with E-state index in [-0.39, 0.29) is 5.91 Å². The second-order valence-electron chi connectivity index (χ2n) is 3.94. The Morgan fingerprint density at radius 2 is 2.27 bits per heavy atom. The Labute approximate surface area is 89.4 Å². The Balaban J connectivity index is 2.43. The molecule has 1 aromatic rings. The molecule has 1 aliphatic heterocycles. The van der Waals surface area contributed by atoms with Gasteiger partial charge in [-0.1, -0.05) is 6.92 Å². The molecule has 0 spiro atoms. The number of ether oxygens (including phenoxy) is 1. The number of amides is 1. The number of anilines is 1. The van der Waals surface area contributed by atoms with Crippen LogP contribution in [0.5, 0.6) is 5.75 Å². The lowest BCUT2D eigenvalue weighted by molar-refractivity contribution is -0.116. The summed E-state index contributed by atoms with van der Waals surface area (Å²) in [5, 5.41) is 2.91. The Kier molecular flexibility index (Phi) is 2.62. The molecule has 3 nitrogen and oxygen atoms in total. The normalized spacial score (nSPS) is 20.1. The molecule has 2 rings (SSSR count). The summed E-state index contributed by atoms with van der Waals surface area (Å²) in [6, 6.07) is 5.79. The van der Waals surface area contributed by atoms with E-state index in [0.29, 0.717) is 12.3 Å². The van der Waals surface area contributed by atoms with Crippen molar-refractivity contribution in [2.24, 2.45) is 0 Å². The van der Waals surface area contributed by atoms with Gasteiger partial charge in [0.05, 0.1) is 7.11 Å². The maximum absolute atomic E-state index is 11.4. The van der Waals surface area contributed by atoms with Crippen molar-refractivity contribution in [1.82, 2.24) is 0 Å². The first-order valence-electron chi connectivity index (χ1n) is 5.18. The van der Waals surface area contributed by atoms with Crippen LogP contribution in [0.4, 0.5) is 5.69 Å². The van der Waals surface area contributed by atoms with Gasteiger partial charge in [-0.2, -0.15) is 0 Å². The molecule has 1 amide bonds. The van der Waals surface area contributed by atoms with Crippen molar-refractivity contribution < 1.29 is 9.53 Å². The van der Waals surface area contributed by atoms with Crippen LogP contribution in [0.3, 0.4) is 0 Å². The van der Waals surface area contributed by atoms with E-state index in [2.05, 4.69) is 12.2 Å². The van der Waals surface area contributed by atoms with Crippen LogP contribution in [-0.2, 0) is 4.79 Å². The highest BCUT2D eigenvalue weighted by molar-refractivity contribution is 5.92. The number of nitrogens with one attached hydrogen (secondary N) is 1. The summed E-state index contributed by atoms with van der Waals surface area (Å²) in [6.45, 7) is 2.14. The zero-order valence-electron chi connectivity index (χ0n) is 9.04. The average Bonchev–Trinajstić information content (AvgIpc) is 2.39. The predicted octanol–water partition coefficient (Wildman–Crippen LogP) is 2.53. The van der Waals surface area contributed by atoms with Gasteiger partial charge in [0.25, 0.3) is 0 Å². The molecular formula is C12H15NO2. The molecule has 0 radical (unpaired) electrons. The quantitative estimate of drug-likeness (QED) is 0.765. The molecule has 1 heterocycles. The third kappa shape index (κ3) is 1.96. The molecule has 1 atom stereocenters. The van der Waals surface area contributed by atoms with Gasteiger partial charge in [-0.3, -0.25) is 4.79 Å². The van der Waals surface area contributed by atoms with E-state index < -0.39 is 0 Å². The largest absolute Gasteiger partial charge is 0.497 e. The summed E-state index contributed by atoms with van der Waals surface area (Å²) >= 11 is 0. The highest BCUT2D eigenvalue weighted by Gasteiger charge is 2.18. The molecule has 1 unspecified atom stereocenters. The number of carbonyl (C=O) groups is 1. The number of benzene rings is 1. The molecule has 3 heteroatoms. The molecule has 1 aliphatic rings. The third-order valence-corrected chi connectivity index (χ3v) is 2.87. The maximum atomic E-state index is 11.4. The molecule has 0 bridgehead atoms. The van der Waals surface area contributed by atoms with Crippen molar-refractivity contribution in [3.63, 3.8) is 0 Å². The van der Waals surface area contributed by atoms with Crippen LogP contribution in [0.1, 0.15) is 31.2 Å². The predicted molar refractivity (Wildman–Crippen MR) is 59.3 cm³/mol. The molecule has 1 aromatic carbocycles. The zero-order valence-corrected chi connectivity index (χ0v) is 9.04. The van der Waals surface area contributed by atoms with E-state index in [0.717, 1.165) is 17.9 Å². The van der Waals surface area contributed by atoms with Gasteiger partial charge in [0.2, 0.25) is 5.91 Å². The van der Waals surface area contributed by atoms with Gasteiger partial charge in [-0.05, 0) is 36.1 Å². The first-order valence-corrected chi connectivity index (χ1v) is 5.18. The fraction of sp³-hybridized carbons (Fsp3) is 0.417. The van der Waals surface area contributed by atoms with Gasteiger partial charge in [-0.25, -0.2) is 0 Å². The number of methoxy groups -OCH3 is 1. The lowest BCUT2D eigenvalue weighted by Gasteiger charge is -2.13. The molecule has 0 fully saturated rings. The van der Waals surface area contributed by atoms with Crippen molar-refractivity contribution in [1.29, 1.82) is 0 Å². The first-order chi connectivity index (χ1) is 7.20. The summed E-state index contributed by atoms with van der Waals surface area (Å²) in [7, 11) is 1.65. The standard InChI is InChI=1S/C12H15NO2/c1-8-3-6-12(14)13-11-5-4-9(15-2)7-10(8)11/h4-5,7-8H,3,6H2,1-2H3,(H,13,14). The second kappa shape index (κ2) is 3.93. The molecular weight excluding hydrogens is 190 g/mol. The summed E-state index contributed by atoms with van der Waals surface area (Å²) in [6.07, 6.45) is 1.49. The van der Waals surface area contributed by atoms with Crippen LogP contribution in [-0.4, -0.2) is 13.0 Å². The average molecular weight is 205 g/mol. The fourth-order valence-corrected chi connectivity index (χ4v) is 1.91. The molecule has 1 N–H and O–H groups in total. The second-order valence-corrected chi connectivity index (χ2v) is 3.94. The molecule has 0 saturated carbocycles. The van der Waals surface area contributed by atoms with Crippen LogP contribution in [0.15, 0.2) is 18.2 Å². The Hall–Kier alpha value is -1.51. The molecule has 0 aliphatic carbocycles. The number of hydrogen-bond acceptors (Lipinski definition) is 2. The topological polar surface area (TPSA) is 38.3 Å². The van der Waals surface area contributed by atoms with Crippen molar-refractivity contribution in [2.75, 3.05) is 12.4 Å². The number of hydrogen-bond donors (Lipinski definition) is 1. The minimum Gasteiger partial charge on any atom is -0.497 e. The summed E-state index contributed by atoms with van der Waals surface area (Å²) < 4.78 is 5.18. The lowest BCUT2D eigenvalue weighted by Crippen LogP contribution is -2.09. The Bertz CT molecular complexity index is 387. The molecule has 0 saturated heterocycles. The van der Waals surface area contributed by atoms with E-state index >= 15 is 0 Å². The van der Waals surface area contributed by atoms with E-state index in [1.807, 2.05) is 18.2 Å². The van der Waals surface area contributed by atoms with Crippen LogP contribution in [0, 0.1) is 0 Å². The van der Waals surface area contributed by atoms with Crippen LogP contribution in [0.2, 0.25) is 0 Å². The van der Waals surface area contributed by atoms with E-state index in [4.69, 9.17) is 4.74 Å². The SMILES string of the molecule is COc1ccc2c(c1)C(C)CCC(=O)N2. The zero-order chi connectivity index (χ0) is 10.8.